The molecular formula is C43H37N3O. The molecule has 0 bridgehead atoms. The quantitative estimate of drug-likeness (QED) is 0.232. The number of ether oxygens (including phenoxy) is 1. The van der Waals surface area contributed by atoms with Crippen LogP contribution in [-0.4, -0.2) is 6.04 Å². The van der Waals surface area contributed by atoms with Crippen molar-refractivity contribution in [3.63, 3.8) is 0 Å². The second kappa shape index (κ2) is 11.5. The van der Waals surface area contributed by atoms with Crippen LogP contribution in [0.4, 0.5) is 11.4 Å². The zero-order valence-corrected chi connectivity index (χ0v) is 26.3. The number of rotatable bonds is 4. The van der Waals surface area contributed by atoms with Crippen molar-refractivity contribution >= 4 is 22.5 Å². The number of hydrazine groups is 2. The van der Waals surface area contributed by atoms with E-state index in [1.54, 1.807) is 6.26 Å². The van der Waals surface area contributed by atoms with Crippen LogP contribution in [0.1, 0.15) is 59.9 Å². The third-order valence-electron chi connectivity index (χ3n) is 10.2. The van der Waals surface area contributed by atoms with Gasteiger partial charge < -0.3 is 4.74 Å². The van der Waals surface area contributed by atoms with Gasteiger partial charge in [-0.3, -0.25) is 5.01 Å². The highest BCUT2D eigenvalue weighted by atomic mass is 16.5. The molecule has 0 saturated heterocycles. The molecule has 5 aliphatic rings. The van der Waals surface area contributed by atoms with E-state index < -0.39 is 0 Å². The monoisotopic (exact) mass is 611 g/mol. The summed E-state index contributed by atoms with van der Waals surface area (Å²) < 4.78 is 6.43. The second-order valence-corrected chi connectivity index (χ2v) is 12.9. The van der Waals surface area contributed by atoms with Crippen molar-refractivity contribution < 1.29 is 4.74 Å². The van der Waals surface area contributed by atoms with Crippen molar-refractivity contribution in [3.8, 4) is 16.9 Å². The maximum Gasteiger partial charge on any atom is 0.140 e. The Morgan fingerprint density at radius 3 is 2.43 bits per heavy atom. The Morgan fingerprint density at radius 2 is 1.57 bits per heavy atom. The van der Waals surface area contributed by atoms with Crippen LogP contribution in [0.3, 0.4) is 0 Å². The average molecular weight is 612 g/mol. The van der Waals surface area contributed by atoms with E-state index in [1.165, 1.54) is 57.5 Å². The van der Waals surface area contributed by atoms with Crippen LogP contribution in [0.25, 0.3) is 22.3 Å². The summed E-state index contributed by atoms with van der Waals surface area (Å²) >= 11 is 0. The molecule has 1 N–H and O–H groups in total. The summed E-state index contributed by atoms with van der Waals surface area (Å²) in [6, 6.07) is 33.0. The number of fused-ring (bicyclic) bond motifs is 6. The summed E-state index contributed by atoms with van der Waals surface area (Å²) in [6.07, 6.45) is 22.2. The van der Waals surface area contributed by atoms with Gasteiger partial charge in [0.2, 0.25) is 0 Å². The minimum atomic E-state index is 0.0340. The van der Waals surface area contributed by atoms with E-state index in [2.05, 4.69) is 144 Å². The number of hydrogen-bond donors (Lipinski definition) is 1. The van der Waals surface area contributed by atoms with Crippen molar-refractivity contribution in [2.24, 2.45) is 0 Å². The number of para-hydroxylation sites is 1. The first kappa shape index (κ1) is 27.9. The van der Waals surface area contributed by atoms with Gasteiger partial charge in [-0.1, -0.05) is 121 Å². The SMILES string of the molecule is C=C1/C=C\C=C/Oc2c1ccc1c2C2C=CC(c3ccc(-c4ccccc4)cc3)=CC2N1N1NC(C2=CCCCC2)c2ccccc21. The van der Waals surface area contributed by atoms with Crippen LogP contribution in [0.15, 0.2) is 152 Å². The average Bonchev–Trinajstić information content (AvgIpc) is 3.66. The maximum atomic E-state index is 6.43. The molecule has 0 amide bonds. The van der Waals surface area contributed by atoms with Crippen molar-refractivity contribution in [2.45, 2.75) is 43.7 Å². The first-order chi connectivity index (χ1) is 23.2. The number of nitrogens with zero attached hydrogens (tertiary/aromatic N) is 2. The topological polar surface area (TPSA) is 27.7 Å². The highest BCUT2D eigenvalue weighted by Crippen LogP contribution is 2.54. The number of benzene rings is 4. The lowest BCUT2D eigenvalue weighted by Gasteiger charge is -2.38. The highest BCUT2D eigenvalue weighted by Gasteiger charge is 2.46. The predicted molar refractivity (Wildman–Crippen MR) is 194 cm³/mol. The Morgan fingerprint density at radius 1 is 0.766 bits per heavy atom. The van der Waals surface area contributed by atoms with Gasteiger partial charge in [0, 0.05) is 22.6 Å². The molecule has 9 rings (SSSR count). The van der Waals surface area contributed by atoms with Gasteiger partial charge >= 0.3 is 0 Å². The van der Waals surface area contributed by atoms with Crippen molar-refractivity contribution in [1.29, 1.82) is 0 Å². The molecule has 3 aliphatic heterocycles. The van der Waals surface area contributed by atoms with Crippen LogP contribution in [0, 0.1) is 0 Å². The molecule has 4 aromatic carbocycles. The lowest BCUT2D eigenvalue weighted by atomic mass is 9.85. The van der Waals surface area contributed by atoms with E-state index in [-0.39, 0.29) is 18.0 Å². The van der Waals surface area contributed by atoms with Gasteiger partial charge in [-0.15, -0.1) is 0 Å². The highest BCUT2D eigenvalue weighted by molar-refractivity contribution is 5.87. The van der Waals surface area contributed by atoms with Gasteiger partial charge in [0.25, 0.3) is 0 Å². The number of allylic oxidation sites excluding steroid dienone is 7. The molecule has 3 unspecified atom stereocenters. The maximum absolute atomic E-state index is 6.43. The minimum Gasteiger partial charge on any atom is -0.464 e. The van der Waals surface area contributed by atoms with E-state index in [0.29, 0.717) is 0 Å². The lowest BCUT2D eigenvalue weighted by Crippen LogP contribution is -2.53. The largest absolute Gasteiger partial charge is 0.464 e. The summed E-state index contributed by atoms with van der Waals surface area (Å²) in [5.74, 6) is 0.983. The minimum absolute atomic E-state index is 0.0340. The van der Waals surface area contributed by atoms with E-state index in [0.717, 1.165) is 35.4 Å². The summed E-state index contributed by atoms with van der Waals surface area (Å²) in [5.41, 5.74) is 17.2. The molecule has 4 heteroatoms. The van der Waals surface area contributed by atoms with Crippen LogP contribution in [-0.2, 0) is 0 Å². The van der Waals surface area contributed by atoms with Gasteiger partial charge in [-0.05, 0) is 77.8 Å². The normalized spacial score (nSPS) is 23.7. The lowest BCUT2D eigenvalue weighted by molar-refractivity contribution is 0.471. The van der Waals surface area contributed by atoms with E-state index in [4.69, 9.17) is 4.74 Å². The van der Waals surface area contributed by atoms with Gasteiger partial charge in [0.05, 0.1) is 29.7 Å². The molecule has 0 spiro atoms. The van der Waals surface area contributed by atoms with Gasteiger partial charge in [0.15, 0.2) is 0 Å². The molecule has 0 aromatic heterocycles. The van der Waals surface area contributed by atoms with Crippen molar-refractivity contribution in [3.05, 3.63) is 174 Å². The van der Waals surface area contributed by atoms with Gasteiger partial charge in [-0.2, -0.15) is 0 Å². The van der Waals surface area contributed by atoms with Crippen LogP contribution in [0.2, 0.25) is 0 Å². The van der Waals surface area contributed by atoms with E-state index in [9.17, 15) is 0 Å². The zero-order chi connectivity index (χ0) is 31.3. The van der Waals surface area contributed by atoms with E-state index in [1.807, 2.05) is 12.2 Å². The number of nitrogens with one attached hydrogen (secondary N) is 1. The van der Waals surface area contributed by atoms with Crippen LogP contribution < -0.4 is 20.3 Å². The summed E-state index contributed by atoms with van der Waals surface area (Å²) in [7, 11) is 0. The summed E-state index contributed by atoms with van der Waals surface area (Å²) in [4.78, 5) is 0. The van der Waals surface area contributed by atoms with Crippen LogP contribution in [0.5, 0.6) is 5.75 Å². The van der Waals surface area contributed by atoms with Crippen molar-refractivity contribution in [1.82, 2.24) is 5.43 Å². The fraction of sp³-hybridized carbons (Fsp3) is 0.163. The molecule has 0 saturated carbocycles. The Labute approximate surface area is 276 Å². The molecule has 4 aromatic rings. The molecule has 3 atom stereocenters. The standard InChI is InChI=1S/C43H37N3O/c1-29-12-10-11-27-47-43-35(29)25-26-39-41(43)36-24-23-34(32-21-19-31(20-22-32)30-13-4-2-5-14-30)28-40(36)45(39)46-38-18-9-8-17-37(38)42(44-46)33-15-6-3-7-16-33/h2,4-5,8-15,17-28,36,40,42,44H,1,3,6-7,16H2/b12-10-,27-11-. The predicted octanol–water partition coefficient (Wildman–Crippen LogP) is 10.2. The van der Waals surface area contributed by atoms with Crippen molar-refractivity contribution in [2.75, 3.05) is 10.1 Å². The van der Waals surface area contributed by atoms with Crippen LogP contribution >= 0.6 is 0 Å². The molecule has 0 radical (unpaired) electrons. The third-order valence-corrected chi connectivity index (χ3v) is 10.2. The molecule has 47 heavy (non-hydrogen) atoms. The Balaban J connectivity index is 1.16. The Bertz CT molecular complexity index is 2030. The fourth-order valence-corrected chi connectivity index (χ4v) is 7.91. The second-order valence-electron chi connectivity index (χ2n) is 12.9. The smallest absolute Gasteiger partial charge is 0.140 e. The fourth-order valence-electron chi connectivity index (χ4n) is 7.91. The number of anilines is 2. The zero-order valence-electron chi connectivity index (χ0n) is 26.3. The third kappa shape index (κ3) is 4.71. The van der Waals surface area contributed by atoms with Gasteiger partial charge in [-0.25, -0.2) is 10.5 Å². The summed E-state index contributed by atoms with van der Waals surface area (Å²) in [6.45, 7) is 4.38. The molecule has 230 valence electrons. The summed E-state index contributed by atoms with van der Waals surface area (Å²) in [5, 5.41) is 4.79. The Hall–Kier alpha value is -5.32. The molecule has 3 heterocycles. The van der Waals surface area contributed by atoms with E-state index >= 15 is 0 Å². The molecule has 2 aliphatic carbocycles. The Kier molecular flexibility index (Phi) is 6.83. The molecular weight excluding hydrogens is 574 g/mol. The molecule has 4 nitrogen and oxygen atoms in total. The first-order valence-corrected chi connectivity index (χ1v) is 16.8. The molecule has 0 fully saturated rings. The number of hydrogen-bond acceptors (Lipinski definition) is 4. The first-order valence-electron chi connectivity index (χ1n) is 16.8. The van der Waals surface area contributed by atoms with Gasteiger partial charge in [0.1, 0.15) is 5.75 Å².